The normalized spacial score (nSPS) is 31.5. The van der Waals surface area contributed by atoms with Gasteiger partial charge in [-0.25, -0.2) is 0 Å². The summed E-state index contributed by atoms with van der Waals surface area (Å²) in [7, 11) is 0.478. The molecule has 0 saturated carbocycles. The molecule has 0 bridgehead atoms. The van der Waals surface area contributed by atoms with E-state index in [9.17, 15) is 0 Å². The van der Waals surface area contributed by atoms with Crippen LogP contribution >= 0.6 is 0 Å². The SMILES string of the molecule is CC(C)C1OBOC1C(C)C. The van der Waals surface area contributed by atoms with Crippen LogP contribution in [0.5, 0.6) is 0 Å². The lowest BCUT2D eigenvalue weighted by Gasteiger charge is -2.24. The maximum Gasteiger partial charge on any atom is 0.438 e. The maximum absolute atomic E-state index is 5.47. The second-order valence-electron chi connectivity index (χ2n) is 3.87. The highest BCUT2D eigenvalue weighted by atomic mass is 16.6. The zero-order valence-electron chi connectivity index (χ0n) is 7.83. The Bertz CT molecular complexity index is 111. The first-order valence-corrected chi connectivity index (χ1v) is 4.36. The molecule has 0 spiro atoms. The van der Waals surface area contributed by atoms with E-state index in [1.54, 1.807) is 0 Å². The van der Waals surface area contributed by atoms with Crippen molar-refractivity contribution in [3.8, 4) is 0 Å². The Balaban J connectivity index is 2.51. The molecule has 11 heavy (non-hydrogen) atoms. The molecule has 2 nitrogen and oxygen atoms in total. The van der Waals surface area contributed by atoms with Crippen LogP contribution in [0.3, 0.4) is 0 Å². The Morgan fingerprint density at radius 1 is 0.909 bits per heavy atom. The topological polar surface area (TPSA) is 18.5 Å². The van der Waals surface area contributed by atoms with E-state index in [1.165, 1.54) is 0 Å². The van der Waals surface area contributed by atoms with Crippen molar-refractivity contribution in [1.82, 2.24) is 0 Å². The molecule has 0 aliphatic carbocycles. The van der Waals surface area contributed by atoms with Crippen LogP contribution < -0.4 is 0 Å². The van der Waals surface area contributed by atoms with Crippen molar-refractivity contribution in [2.45, 2.75) is 39.9 Å². The molecule has 1 aliphatic rings. The Morgan fingerprint density at radius 2 is 1.27 bits per heavy atom. The fourth-order valence-corrected chi connectivity index (χ4v) is 1.53. The zero-order valence-corrected chi connectivity index (χ0v) is 7.83. The fourth-order valence-electron chi connectivity index (χ4n) is 1.53. The van der Waals surface area contributed by atoms with Crippen molar-refractivity contribution in [2.75, 3.05) is 0 Å². The molecule has 0 aromatic rings. The standard InChI is InChI=1S/C8H17BO2/c1-5(2)7-8(6(3)4)11-9-10-7/h5-9H,1-4H3. The van der Waals surface area contributed by atoms with E-state index in [4.69, 9.17) is 9.31 Å². The third kappa shape index (κ3) is 1.97. The summed E-state index contributed by atoms with van der Waals surface area (Å²) in [6, 6.07) is 0. The predicted molar refractivity (Wildman–Crippen MR) is 46.6 cm³/mol. The van der Waals surface area contributed by atoms with Crippen molar-refractivity contribution >= 4 is 7.69 Å². The summed E-state index contributed by atoms with van der Waals surface area (Å²) in [5, 5.41) is 0. The summed E-state index contributed by atoms with van der Waals surface area (Å²) in [5.41, 5.74) is 0. The summed E-state index contributed by atoms with van der Waals surface area (Å²) >= 11 is 0. The second-order valence-corrected chi connectivity index (χ2v) is 3.87. The molecule has 64 valence electrons. The molecule has 2 unspecified atom stereocenters. The van der Waals surface area contributed by atoms with Gasteiger partial charge in [0.25, 0.3) is 0 Å². The van der Waals surface area contributed by atoms with Crippen molar-refractivity contribution in [1.29, 1.82) is 0 Å². The first-order valence-electron chi connectivity index (χ1n) is 4.36. The Kier molecular flexibility index (Phi) is 2.96. The molecule has 0 N–H and O–H groups in total. The predicted octanol–water partition coefficient (Wildman–Crippen LogP) is 1.35. The van der Waals surface area contributed by atoms with Gasteiger partial charge in [-0.05, 0) is 11.8 Å². The van der Waals surface area contributed by atoms with Gasteiger partial charge in [0.1, 0.15) is 0 Å². The van der Waals surface area contributed by atoms with Gasteiger partial charge >= 0.3 is 7.69 Å². The molecular formula is C8H17BO2. The average molecular weight is 156 g/mol. The van der Waals surface area contributed by atoms with E-state index >= 15 is 0 Å². The molecular weight excluding hydrogens is 139 g/mol. The maximum atomic E-state index is 5.47. The summed E-state index contributed by atoms with van der Waals surface area (Å²) < 4.78 is 10.9. The number of hydrogen-bond donors (Lipinski definition) is 0. The number of hydrogen-bond acceptors (Lipinski definition) is 2. The summed E-state index contributed by atoms with van der Waals surface area (Å²) in [5.74, 6) is 1.12. The monoisotopic (exact) mass is 156 g/mol. The van der Waals surface area contributed by atoms with Crippen LogP contribution in [0.4, 0.5) is 0 Å². The Hall–Kier alpha value is -0.0151. The molecule has 0 aromatic carbocycles. The highest BCUT2D eigenvalue weighted by Crippen LogP contribution is 2.24. The molecule has 1 saturated heterocycles. The van der Waals surface area contributed by atoms with Gasteiger partial charge in [-0.3, -0.25) is 0 Å². The van der Waals surface area contributed by atoms with Crippen molar-refractivity contribution in [3.63, 3.8) is 0 Å². The highest BCUT2D eigenvalue weighted by molar-refractivity contribution is 6.19. The molecule has 0 amide bonds. The van der Waals surface area contributed by atoms with Crippen LogP contribution in [0.2, 0.25) is 0 Å². The zero-order chi connectivity index (χ0) is 8.43. The van der Waals surface area contributed by atoms with Crippen LogP contribution in [0.15, 0.2) is 0 Å². The van der Waals surface area contributed by atoms with Crippen molar-refractivity contribution < 1.29 is 9.31 Å². The third-order valence-electron chi connectivity index (χ3n) is 2.16. The van der Waals surface area contributed by atoms with Crippen LogP contribution in [0.1, 0.15) is 27.7 Å². The van der Waals surface area contributed by atoms with E-state index < -0.39 is 0 Å². The lowest BCUT2D eigenvalue weighted by Crippen LogP contribution is -2.31. The minimum Gasteiger partial charge on any atom is -0.408 e. The average Bonchev–Trinajstić information content (AvgIpc) is 2.32. The van der Waals surface area contributed by atoms with Crippen molar-refractivity contribution in [3.05, 3.63) is 0 Å². The molecule has 3 heteroatoms. The van der Waals surface area contributed by atoms with Crippen LogP contribution in [-0.2, 0) is 9.31 Å². The fraction of sp³-hybridized carbons (Fsp3) is 1.00. The molecule has 2 atom stereocenters. The van der Waals surface area contributed by atoms with Gasteiger partial charge in [0.2, 0.25) is 0 Å². The third-order valence-corrected chi connectivity index (χ3v) is 2.16. The summed E-state index contributed by atoms with van der Waals surface area (Å²) in [6.07, 6.45) is 0.602. The smallest absolute Gasteiger partial charge is 0.408 e. The molecule has 0 aromatic heterocycles. The summed E-state index contributed by atoms with van der Waals surface area (Å²) in [6.45, 7) is 8.70. The Morgan fingerprint density at radius 3 is 1.55 bits per heavy atom. The minimum atomic E-state index is 0.301. The number of rotatable bonds is 2. The van der Waals surface area contributed by atoms with Crippen LogP contribution in [0.25, 0.3) is 0 Å². The molecule has 0 radical (unpaired) electrons. The van der Waals surface area contributed by atoms with Gasteiger partial charge in [0.05, 0.1) is 12.2 Å². The van der Waals surface area contributed by atoms with E-state index in [0.29, 0.717) is 31.7 Å². The first kappa shape index (κ1) is 9.08. The van der Waals surface area contributed by atoms with E-state index in [0.717, 1.165) is 0 Å². The largest absolute Gasteiger partial charge is 0.438 e. The molecule has 1 fully saturated rings. The van der Waals surface area contributed by atoms with E-state index in [1.807, 2.05) is 0 Å². The highest BCUT2D eigenvalue weighted by Gasteiger charge is 2.33. The van der Waals surface area contributed by atoms with Gasteiger partial charge in [0, 0.05) is 0 Å². The van der Waals surface area contributed by atoms with Gasteiger partial charge in [-0.1, -0.05) is 27.7 Å². The molecule has 1 heterocycles. The van der Waals surface area contributed by atoms with Gasteiger partial charge in [-0.15, -0.1) is 0 Å². The lowest BCUT2D eigenvalue weighted by atomic mass is 9.94. The van der Waals surface area contributed by atoms with E-state index in [2.05, 4.69) is 27.7 Å². The second kappa shape index (κ2) is 3.59. The molecule has 1 aliphatic heterocycles. The Labute approximate surface area is 69.6 Å². The van der Waals surface area contributed by atoms with Gasteiger partial charge < -0.3 is 9.31 Å². The molecule has 1 rings (SSSR count). The van der Waals surface area contributed by atoms with Gasteiger partial charge in [-0.2, -0.15) is 0 Å². The van der Waals surface area contributed by atoms with Crippen molar-refractivity contribution in [2.24, 2.45) is 11.8 Å². The lowest BCUT2D eigenvalue weighted by molar-refractivity contribution is 0.0815. The van der Waals surface area contributed by atoms with E-state index in [-0.39, 0.29) is 0 Å². The quantitative estimate of drug-likeness (QED) is 0.561. The minimum absolute atomic E-state index is 0.301. The van der Waals surface area contributed by atoms with Crippen LogP contribution in [-0.4, -0.2) is 19.9 Å². The van der Waals surface area contributed by atoms with Crippen LogP contribution in [0, 0.1) is 11.8 Å². The first-order chi connectivity index (χ1) is 5.13. The van der Waals surface area contributed by atoms with Gasteiger partial charge in [0.15, 0.2) is 0 Å². The summed E-state index contributed by atoms with van der Waals surface area (Å²) in [4.78, 5) is 0.